The van der Waals surface area contributed by atoms with Crippen LogP contribution in [-0.4, -0.2) is 43.4 Å². The number of carbonyl (C=O) groups is 1. The van der Waals surface area contributed by atoms with Gasteiger partial charge in [0.05, 0.1) is 5.75 Å². The van der Waals surface area contributed by atoms with Crippen molar-refractivity contribution in [3.8, 4) is 11.4 Å². The summed E-state index contributed by atoms with van der Waals surface area (Å²) in [6.45, 7) is 9.40. The first-order valence-electron chi connectivity index (χ1n) is 9.95. The topological polar surface area (TPSA) is 51.0 Å². The lowest BCUT2D eigenvalue weighted by Gasteiger charge is -2.39. The second-order valence-electron chi connectivity index (χ2n) is 7.55. The van der Waals surface area contributed by atoms with Gasteiger partial charge in [0.2, 0.25) is 5.91 Å². The zero-order valence-corrected chi connectivity index (χ0v) is 17.6. The number of hydrogen-bond acceptors (Lipinski definition) is 4. The molecule has 0 bridgehead atoms. The van der Waals surface area contributed by atoms with Gasteiger partial charge in [-0.2, -0.15) is 0 Å². The molecule has 6 heteroatoms. The Morgan fingerprint density at radius 2 is 1.96 bits per heavy atom. The second kappa shape index (κ2) is 8.91. The molecule has 3 rings (SSSR count). The van der Waals surface area contributed by atoms with E-state index < -0.39 is 0 Å². The Labute approximate surface area is 166 Å². The SMILES string of the molecule is CCCn1c(SCC(=O)N2C(C)CCCC2C)nnc1-c1cccc(C)c1. The summed E-state index contributed by atoms with van der Waals surface area (Å²) >= 11 is 1.51. The fraction of sp³-hybridized carbons (Fsp3) is 0.571. The summed E-state index contributed by atoms with van der Waals surface area (Å²) in [5.74, 6) is 1.52. The Hall–Kier alpha value is -1.82. The molecule has 2 unspecified atom stereocenters. The molecule has 27 heavy (non-hydrogen) atoms. The summed E-state index contributed by atoms with van der Waals surface area (Å²) in [6.07, 6.45) is 4.41. The molecule has 1 aromatic carbocycles. The number of piperidine rings is 1. The largest absolute Gasteiger partial charge is 0.337 e. The average Bonchev–Trinajstić information content (AvgIpc) is 3.03. The molecule has 1 aliphatic rings. The van der Waals surface area contributed by atoms with Crippen LogP contribution in [-0.2, 0) is 11.3 Å². The molecule has 1 aromatic heterocycles. The summed E-state index contributed by atoms with van der Waals surface area (Å²) in [5, 5.41) is 9.67. The molecule has 2 heterocycles. The number of aromatic nitrogens is 3. The van der Waals surface area contributed by atoms with Gasteiger partial charge in [0.25, 0.3) is 0 Å². The van der Waals surface area contributed by atoms with Crippen molar-refractivity contribution in [2.75, 3.05) is 5.75 Å². The molecule has 0 N–H and O–H groups in total. The maximum Gasteiger partial charge on any atom is 0.233 e. The van der Waals surface area contributed by atoms with Crippen molar-refractivity contribution < 1.29 is 4.79 Å². The van der Waals surface area contributed by atoms with Gasteiger partial charge in [-0.15, -0.1) is 10.2 Å². The van der Waals surface area contributed by atoms with Gasteiger partial charge < -0.3 is 9.47 Å². The second-order valence-corrected chi connectivity index (χ2v) is 8.49. The Bertz CT molecular complexity index is 778. The highest BCUT2D eigenvalue weighted by molar-refractivity contribution is 7.99. The number of hydrogen-bond donors (Lipinski definition) is 0. The van der Waals surface area contributed by atoms with E-state index >= 15 is 0 Å². The third-order valence-electron chi connectivity index (χ3n) is 5.25. The zero-order valence-electron chi connectivity index (χ0n) is 16.8. The maximum atomic E-state index is 12.8. The average molecular weight is 387 g/mol. The van der Waals surface area contributed by atoms with Crippen LogP contribution in [0.3, 0.4) is 0 Å². The van der Waals surface area contributed by atoms with Gasteiger partial charge in [-0.25, -0.2) is 0 Å². The van der Waals surface area contributed by atoms with Crippen molar-refractivity contribution in [2.24, 2.45) is 0 Å². The molecule has 1 saturated heterocycles. The molecule has 2 atom stereocenters. The van der Waals surface area contributed by atoms with Gasteiger partial charge in [-0.05, 0) is 52.5 Å². The number of benzene rings is 1. The van der Waals surface area contributed by atoms with E-state index in [2.05, 4.69) is 65.6 Å². The summed E-state index contributed by atoms with van der Waals surface area (Å²) < 4.78 is 2.15. The Balaban J connectivity index is 1.76. The monoisotopic (exact) mass is 386 g/mol. The van der Waals surface area contributed by atoms with Gasteiger partial charge in [0.1, 0.15) is 0 Å². The first-order chi connectivity index (χ1) is 13.0. The van der Waals surface area contributed by atoms with Crippen LogP contribution in [0.25, 0.3) is 11.4 Å². The van der Waals surface area contributed by atoms with Gasteiger partial charge >= 0.3 is 0 Å². The Kier molecular flexibility index (Phi) is 6.58. The summed E-state index contributed by atoms with van der Waals surface area (Å²) in [4.78, 5) is 14.9. The molecule has 0 aliphatic carbocycles. The molecule has 0 radical (unpaired) electrons. The molecular formula is C21H30N4OS. The lowest BCUT2D eigenvalue weighted by atomic mass is 9.98. The van der Waals surface area contributed by atoms with E-state index in [-0.39, 0.29) is 5.91 Å². The fourth-order valence-corrected chi connectivity index (χ4v) is 4.77. The van der Waals surface area contributed by atoms with Gasteiger partial charge in [-0.3, -0.25) is 4.79 Å². The third-order valence-corrected chi connectivity index (χ3v) is 6.20. The van der Waals surface area contributed by atoms with Gasteiger partial charge in [0.15, 0.2) is 11.0 Å². The van der Waals surface area contributed by atoms with E-state index in [0.717, 1.165) is 42.4 Å². The summed E-state index contributed by atoms with van der Waals surface area (Å²) in [6, 6.07) is 8.99. The van der Waals surface area contributed by atoms with E-state index in [1.165, 1.54) is 23.7 Å². The van der Waals surface area contributed by atoms with Crippen molar-refractivity contribution in [1.82, 2.24) is 19.7 Å². The fourth-order valence-electron chi connectivity index (χ4n) is 3.93. The van der Waals surface area contributed by atoms with Crippen LogP contribution in [0.15, 0.2) is 29.4 Å². The quantitative estimate of drug-likeness (QED) is 0.684. The minimum atomic E-state index is 0.211. The summed E-state index contributed by atoms with van der Waals surface area (Å²) in [7, 11) is 0. The predicted molar refractivity (Wildman–Crippen MR) is 111 cm³/mol. The number of rotatable bonds is 6. The predicted octanol–water partition coefficient (Wildman–Crippen LogP) is 4.55. The van der Waals surface area contributed by atoms with Crippen molar-refractivity contribution in [2.45, 2.75) is 77.2 Å². The molecule has 2 aromatic rings. The summed E-state index contributed by atoms with van der Waals surface area (Å²) in [5.41, 5.74) is 2.28. The minimum absolute atomic E-state index is 0.211. The van der Waals surface area contributed by atoms with E-state index in [1.807, 2.05) is 6.07 Å². The zero-order chi connectivity index (χ0) is 19.4. The smallest absolute Gasteiger partial charge is 0.233 e. The first-order valence-corrected chi connectivity index (χ1v) is 10.9. The van der Waals surface area contributed by atoms with Crippen molar-refractivity contribution >= 4 is 17.7 Å². The number of aryl methyl sites for hydroxylation is 1. The number of likely N-dealkylation sites (tertiary alicyclic amines) is 1. The molecule has 5 nitrogen and oxygen atoms in total. The highest BCUT2D eigenvalue weighted by Gasteiger charge is 2.29. The van der Waals surface area contributed by atoms with E-state index in [0.29, 0.717) is 17.8 Å². The minimum Gasteiger partial charge on any atom is -0.337 e. The number of nitrogens with zero attached hydrogens (tertiary/aromatic N) is 4. The van der Waals surface area contributed by atoms with Gasteiger partial charge in [0, 0.05) is 24.2 Å². The molecule has 146 valence electrons. The standard InChI is InChI=1S/C21H30N4OS/c1-5-12-24-20(18-11-6-8-15(2)13-18)22-23-21(24)27-14-19(26)25-16(3)9-7-10-17(25)4/h6,8,11,13,16-17H,5,7,9-10,12,14H2,1-4H3. The van der Waals surface area contributed by atoms with Crippen LogP contribution >= 0.6 is 11.8 Å². The van der Waals surface area contributed by atoms with Crippen LogP contribution in [0.5, 0.6) is 0 Å². The highest BCUT2D eigenvalue weighted by Crippen LogP contribution is 2.27. The van der Waals surface area contributed by atoms with Crippen LogP contribution < -0.4 is 0 Å². The van der Waals surface area contributed by atoms with E-state index in [1.54, 1.807) is 0 Å². The molecule has 1 amide bonds. The van der Waals surface area contributed by atoms with E-state index in [4.69, 9.17) is 0 Å². The molecule has 0 spiro atoms. The first kappa shape index (κ1) is 19.9. The van der Waals surface area contributed by atoms with E-state index in [9.17, 15) is 4.79 Å². The van der Waals surface area contributed by atoms with Crippen molar-refractivity contribution in [1.29, 1.82) is 0 Å². The molecule has 0 saturated carbocycles. The van der Waals surface area contributed by atoms with Crippen LogP contribution in [0.2, 0.25) is 0 Å². The maximum absolute atomic E-state index is 12.8. The number of amides is 1. The lowest BCUT2D eigenvalue weighted by molar-refractivity contribution is -0.134. The molecule has 1 aliphatic heterocycles. The molecular weight excluding hydrogens is 356 g/mol. The van der Waals surface area contributed by atoms with Crippen molar-refractivity contribution in [3.05, 3.63) is 29.8 Å². The number of thioether (sulfide) groups is 1. The van der Waals surface area contributed by atoms with Crippen LogP contribution in [0, 0.1) is 6.92 Å². The Morgan fingerprint density at radius 1 is 1.22 bits per heavy atom. The van der Waals surface area contributed by atoms with Crippen LogP contribution in [0.4, 0.5) is 0 Å². The van der Waals surface area contributed by atoms with Crippen LogP contribution in [0.1, 0.15) is 52.0 Å². The highest BCUT2D eigenvalue weighted by atomic mass is 32.2. The normalized spacial score (nSPS) is 20.1. The number of carbonyl (C=O) groups excluding carboxylic acids is 1. The lowest BCUT2D eigenvalue weighted by Crippen LogP contribution is -2.48. The molecule has 1 fully saturated rings. The van der Waals surface area contributed by atoms with Gasteiger partial charge in [-0.1, -0.05) is 42.4 Å². The van der Waals surface area contributed by atoms with Crippen molar-refractivity contribution in [3.63, 3.8) is 0 Å². The third kappa shape index (κ3) is 4.54. The Morgan fingerprint density at radius 3 is 2.63 bits per heavy atom.